The Morgan fingerprint density at radius 3 is 2.74 bits per heavy atom. The van der Waals surface area contributed by atoms with Gasteiger partial charge >= 0.3 is 0 Å². The van der Waals surface area contributed by atoms with Crippen molar-refractivity contribution < 1.29 is 14.3 Å². The Morgan fingerprint density at radius 2 is 1.96 bits per heavy atom. The number of carbonyl (C=O) groups is 1. The van der Waals surface area contributed by atoms with E-state index in [4.69, 9.17) is 21.1 Å². The van der Waals surface area contributed by atoms with E-state index in [-0.39, 0.29) is 5.91 Å². The summed E-state index contributed by atoms with van der Waals surface area (Å²) in [6, 6.07) is 16.7. The van der Waals surface area contributed by atoms with Crippen molar-refractivity contribution in [1.82, 2.24) is 5.43 Å². The first-order chi connectivity index (χ1) is 13.1. The number of nitrogens with zero attached hydrogens (tertiary/aromatic N) is 1. The number of halogens is 1. The van der Waals surface area contributed by atoms with Crippen molar-refractivity contribution in [2.45, 2.75) is 6.92 Å². The Bertz CT molecular complexity index is 997. The molecule has 27 heavy (non-hydrogen) atoms. The SMILES string of the molecule is CCOc1cc(/C=N\NC(=O)c2cccc3ccccc23)cc(Cl)c1OC. The molecule has 0 aliphatic rings. The summed E-state index contributed by atoms with van der Waals surface area (Å²) in [5.41, 5.74) is 3.80. The molecule has 0 aromatic heterocycles. The van der Waals surface area contributed by atoms with Crippen LogP contribution in [0.2, 0.25) is 5.02 Å². The van der Waals surface area contributed by atoms with Crippen LogP contribution < -0.4 is 14.9 Å². The predicted octanol–water partition coefficient (Wildman–Crippen LogP) is 4.66. The lowest BCUT2D eigenvalue weighted by atomic mass is 10.0. The van der Waals surface area contributed by atoms with Gasteiger partial charge in [-0.1, -0.05) is 48.0 Å². The van der Waals surface area contributed by atoms with Crippen molar-refractivity contribution in [2.75, 3.05) is 13.7 Å². The Kier molecular flexibility index (Phi) is 5.94. The average Bonchev–Trinajstić information content (AvgIpc) is 2.67. The number of rotatable bonds is 6. The lowest BCUT2D eigenvalue weighted by Gasteiger charge is -2.11. The number of ether oxygens (including phenoxy) is 2. The van der Waals surface area contributed by atoms with Gasteiger partial charge in [-0.15, -0.1) is 0 Å². The summed E-state index contributed by atoms with van der Waals surface area (Å²) < 4.78 is 10.8. The number of hydrazone groups is 1. The zero-order valence-corrected chi connectivity index (χ0v) is 15.8. The fourth-order valence-corrected chi connectivity index (χ4v) is 3.07. The fraction of sp³-hybridized carbons (Fsp3) is 0.143. The van der Waals surface area contributed by atoms with Crippen LogP contribution in [-0.4, -0.2) is 25.8 Å². The van der Waals surface area contributed by atoms with Crippen LogP contribution in [0.5, 0.6) is 11.5 Å². The van der Waals surface area contributed by atoms with Crippen LogP contribution in [0.4, 0.5) is 0 Å². The molecule has 1 amide bonds. The summed E-state index contributed by atoms with van der Waals surface area (Å²) in [5, 5.41) is 6.32. The highest BCUT2D eigenvalue weighted by Crippen LogP contribution is 2.35. The van der Waals surface area contributed by atoms with Crippen LogP contribution in [0.25, 0.3) is 10.8 Å². The van der Waals surface area contributed by atoms with Gasteiger partial charge in [-0.05, 0) is 41.5 Å². The topological polar surface area (TPSA) is 59.9 Å². The van der Waals surface area contributed by atoms with Gasteiger partial charge in [0.15, 0.2) is 11.5 Å². The zero-order chi connectivity index (χ0) is 19.2. The highest BCUT2D eigenvalue weighted by molar-refractivity contribution is 6.32. The smallest absolute Gasteiger partial charge is 0.271 e. The molecule has 0 saturated heterocycles. The van der Waals surface area contributed by atoms with Gasteiger partial charge in [0, 0.05) is 5.56 Å². The molecule has 0 aliphatic carbocycles. The van der Waals surface area contributed by atoms with Gasteiger partial charge < -0.3 is 9.47 Å². The molecule has 0 fully saturated rings. The monoisotopic (exact) mass is 382 g/mol. The zero-order valence-electron chi connectivity index (χ0n) is 15.0. The molecule has 138 valence electrons. The summed E-state index contributed by atoms with van der Waals surface area (Å²) in [6.07, 6.45) is 1.51. The van der Waals surface area contributed by atoms with Gasteiger partial charge in [0.05, 0.1) is 25.0 Å². The Hall–Kier alpha value is -3.05. The van der Waals surface area contributed by atoms with Crippen molar-refractivity contribution in [3.8, 4) is 11.5 Å². The first-order valence-corrected chi connectivity index (χ1v) is 8.83. The minimum Gasteiger partial charge on any atom is -0.491 e. The van der Waals surface area contributed by atoms with Crippen molar-refractivity contribution >= 4 is 34.5 Å². The number of hydrogen-bond acceptors (Lipinski definition) is 4. The number of nitrogens with one attached hydrogen (secondary N) is 1. The number of methoxy groups -OCH3 is 1. The molecule has 0 heterocycles. The van der Waals surface area contributed by atoms with Crippen molar-refractivity contribution in [1.29, 1.82) is 0 Å². The summed E-state index contributed by atoms with van der Waals surface area (Å²) in [6.45, 7) is 2.35. The minimum absolute atomic E-state index is 0.285. The van der Waals surface area contributed by atoms with Crippen LogP contribution >= 0.6 is 11.6 Å². The van der Waals surface area contributed by atoms with Gasteiger partial charge in [-0.3, -0.25) is 4.79 Å². The van der Waals surface area contributed by atoms with Gasteiger partial charge in [0.2, 0.25) is 0 Å². The lowest BCUT2D eigenvalue weighted by molar-refractivity contribution is 0.0957. The van der Waals surface area contributed by atoms with Crippen LogP contribution in [-0.2, 0) is 0 Å². The maximum atomic E-state index is 12.5. The van der Waals surface area contributed by atoms with Crippen molar-refractivity contribution in [3.05, 3.63) is 70.7 Å². The van der Waals surface area contributed by atoms with Crippen LogP contribution in [0.3, 0.4) is 0 Å². The van der Waals surface area contributed by atoms with Crippen molar-refractivity contribution in [3.63, 3.8) is 0 Å². The molecule has 0 bridgehead atoms. The molecule has 3 aromatic rings. The molecular formula is C21H19ClN2O3. The lowest BCUT2D eigenvalue weighted by Crippen LogP contribution is -2.17. The maximum absolute atomic E-state index is 12.5. The second kappa shape index (κ2) is 8.56. The third-order valence-corrected chi connectivity index (χ3v) is 4.23. The first-order valence-electron chi connectivity index (χ1n) is 8.45. The van der Waals surface area contributed by atoms with Crippen LogP contribution in [0, 0.1) is 0 Å². The molecule has 0 aliphatic heterocycles. The summed E-state index contributed by atoms with van der Waals surface area (Å²) in [7, 11) is 1.53. The molecule has 0 unspecified atom stereocenters. The van der Waals surface area contributed by atoms with Gasteiger partial charge in [-0.2, -0.15) is 5.10 Å². The maximum Gasteiger partial charge on any atom is 0.271 e. The van der Waals surface area contributed by atoms with E-state index < -0.39 is 0 Å². The van der Waals surface area contributed by atoms with E-state index in [1.807, 2.05) is 43.3 Å². The predicted molar refractivity (Wildman–Crippen MR) is 108 cm³/mol. The molecule has 0 spiro atoms. The first kappa shape index (κ1) is 18.7. The van der Waals surface area contributed by atoms with Crippen LogP contribution in [0.1, 0.15) is 22.8 Å². The van der Waals surface area contributed by atoms with Gasteiger partial charge in [0.25, 0.3) is 5.91 Å². The number of fused-ring (bicyclic) bond motifs is 1. The second-order valence-corrected chi connectivity index (χ2v) is 6.10. The van der Waals surface area contributed by atoms with Crippen LogP contribution in [0.15, 0.2) is 59.7 Å². The summed E-state index contributed by atoms with van der Waals surface area (Å²) in [4.78, 5) is 12.5. The number of amides is 1. The van der Waals surface area contributed by atoms with E-state index in [0.717, 1.165) is 10.8 Å². The third-order valence-electron chi connectivity index (χ3n) is 3.95. The molecule has 0 saturated carbocycles. The molecule has 5 nitrogen and oxygen atoms in total. The van der Waals surface area contributed by atoms with Crippen molar-refractivity contribution in [2.24, 2.45) is 5.10 Å². The Morgan fingerprint density at radius 1 is 1.19 bits per heavy atom. The number of carbonyl (C=O) groups excluding carboxylic acids is 1. The quantitative estimate of drug-likeness (QED) is 0.498. The van der Waals surface area contributed by atoms with E-state index in [9.17, 15) is 4.79 Å². The van der Waals surface area contributed by atoms with Gasteiger partial charge in [0.1, 0.15) is 0 Å². The largest absolute Gasteiger partial charge is 0.491 e. The third kappa shape index (κ3) is 4.20. The highest BCUT2D eigenvalue weighted by Gasteiger charge is 2.11. The van der Waals surface area contributed by atoms with Gasteiger partial charge in [-0.25, -0.2) is 5.43 Å². The van der Waals surface area contributed by atoms with E-state index in [2.05, 4.69) is 10.5 Å². The molecule has 3 rings (SSSR count). The molecule has 0 radical (unpaired) electrons. The fourth-order valence-electron chi connectivity index (χ4n) is 2.77. The molecule has 3 aromatic carbocycles. The second-order valence-electron chi connectivity index (χ2n) is 5.69. The number of hydrogen-bond donors (Lipinski definition) is 1. The Balaban J connectivity index is 1.80. The Labute approximate surface area is 162 Å². The van der Waals surface area contributed by atoms with E-state index in [1.54, 1.807) is 18.2 Å². The minimum atomic E-state index is -0.285. The summed E-state index contributed by atoms with van der Waals surface area (Å²) >= 11 is 6.22. The molecule has 1 N–H and O–H groups in total. The van der Waals surface area contributed by atoms with E-state index in [1.165, 1.54) is 13.3 Å². The number of benzene rings is 3. The summed E-state index contributed by atoms with van der Waals surface area (Å²) in [5.74, 6) is 0.706. The standard InChI is InChI=1S/C21H19ClN2O3/c1-3-27-19-12-14(11-18(22)20(19)26-2)13-23-24-21(25)17-10-6-8-15-7-4-5-9-16(15)17/h4-13H,3H2,1-2H3,(H,24,25)/b23-13-. The highest BCUT2D eigenvalue weighted by atomic mass is 35.5. The van der Waals surface area contributed by atoms with E-state index in [0.29, 0.717) is 34.3 Å². The average molecular weight is 383 g/mol. The molecular weight excluding hydrogens is 364 g/mol. The van der Waals surface area contributed by atoms with E-state index >= 15 is 0 Å². The normalized spacial score (nSPS) is 10.9. The molecule has 0 atom stereocenters. The molecule has 6 heteroatoms.